The Bertz CT molecular complexity index is 641. The summed E-state index contributed by atoms with van der Waals surface area (Å²) < 4.78 is 51.9. The normalized spacial score (nSPS) is 11.4. The van der Waals surface area contributed by atoms with Crippen LogP contribution in [0.1, 0.15) is 5.56 Å². The van der Waals surface area contributed by atoms with Crippen LogP contribution in [0.5, 0.6) is 0 Å². The summed E-state index contributed by atoms with van der Waals surface area (Å²) in [5, 5.41) is 2.57. The van der Waals surface area contributed by atoms with Gasteiger partial charge in [0.1, 0.15) is 5.82 Å². The van der Waals surface area contributed by atoms with Gasteiger partial charge in [0.15, 0.2) is 0 Å². The summed E-state index contributed by atoms with van der Waals surface area (Å²) in [6.07, 6.45) is -4.49. The van der Waals surface area contributed by atoms with Crippen molar-refractivity contribution in [3.8, 4) is 0 Å². The predicted octanol–water partition coefficient (Wildman–Crippen LogP) is 4.93. The van der Waals surface area contributed by atoms with E-state index in [4.69, 9.17) is 5.73 Å². The third-order valence-corrected chi connectivity index (χ3v) is 3.20. The van der Waals surface area contributed by atoms with E-state index >= 15 is 0 Å². The SMILES string of the molecule is Nc1cc(F)c(Br)cc1Nc1ccccc1C(F)(F)F. The second kappa shape index (κ2) is 5.32. The number of hydrogen-bond donors (Lipinski definition) is 2. The highest BCUT2D eigenvalue weighted by Gasteiger charge is 2.33. The zero-order valence-electron chi connectivity index (χ0n) is 9.93. The van der Waals surface area contributed by atoms with E-state index in [-0.39, 0.29) is 21.5 Å². The van der Waals surface area contributed by atoms with E-state index in [2.05, 4.69) is 21.2 Å². The van der Waals surface area contributed by atoms with Gasteiger partial charge in [0, 0.05) is 6.07 Å². The summed E-state index contributed by atoms with van der Waals surface area (Å²) >= 11 is 2.96. The quantitative estimate of drug-likeness (QED) is 0.596. The summed E-state index contributed by atoms with van der Waals surface area (Å²) in [7, 11) is 0. The molecule has 0 heterocycles. The molecule has 2 aromatic rings. The molecule has 0 bridgehead atoms. The maximum Gasteiger partial charge on any atom is 0.418 e. The van der Waals surface area contributed by atoms with Crippen LogP contribution in [-0.2, 0) is 6.18 Å². The molecule has 0 saturated heterocycles. The molecule has 3 N–H and O–H groups in total. The number of benzene rings is 2. The maximum absolute atomic E-state index is 13.2. The van der Waals surface area contributed by atoms with Gasteiger partial charge >= 0.3 is 6.18 Å². The van der Waals surface area contributed by atoms with Gasteiger partial charge in [-0.3, -0.25) is 0 Å². The van der Waals surface area contributed by atoms with Gasteiger partial charge in [-0.1, -0.05) is 12.1 Å². The monoisotopic (exact) mass is 348 g/mol. The molecule has 0 aliphatic rings. The Kier molecular flexibility index (Phi) is 3.89. The molecular formula is C13H9BrF4N2. The second-order valence-electron chi connectivity index (χ2n) is 4.02. The van der Waals surface area contributed by atoms with Crippen molar-refractivity contribution >= 4 is 33.0 Å². The van der Waals surface area contributed by atoms with Crippen LogP contribution in [-0.4, -0.2) is 0 Å². The lowest BCUT2D eigenvalue weighted by Gasteiger charge is -2.16. The fraction of sp³-hybridized carbons (Fsp3) is 0.0769. The van der Waals surface area contributed by atoms with Gasteiger partial charge in [-0.2, -0.15) is 13.2 Å². The molecule has 7 heteroatoms. The number of alkyl halides is 3. The first-order valence-corrected chi connectivity index (χ1v) is 6.26. The van der Waals surface area contributed by atoms with E-state index < -0.39 is 17.6 Å². The average Bonchev–Trinajstić information content (AvgIpc) is 2.35. The standard InChI is InChI=1S/C13H9BrF4N2/c14-8-5-12(10(19)6-9(8)15)20-11-4-2-1-3-7(11)13(16,17)18/h1-6,20H,19H2. The number of rotatable bonds is 2. The fourth-order valence-corrected chi connectivity index (χ4v) is 2.00. The lowest BCUT2D eigenvalue weighted by Crippen LogP contribution is -2.09. The Balaban J connectivity index is 2.43. The lowest BCUT2D eigenvalue weighted by molar-refractivity contribution is -0.136. The van der Waals surface area contributed by atoms with Gasteiger partial charge in [0.05, 0.1) is 27.1 Å². The molecule has 0 aliphatic heterocycles. The molecule has 2 rings (SSSR count). The molecule has 0 amide bonds. The first-order valence-electron chi connectivity index (χ1n) is 5.47. The summed E-state index contributed by atoms with van der Waals surface area (Å²) in [5.41, 5.74) is 4.83. The van der Waals surface area contributed by atoms with Gasteiger partial charge in [0.25, 0.3) is 0 Å². The van der Waals surface area contributed by atoms with Crippen LogP contribution in [0.25, 0.3) is 0 Å². The maximum atomic E-state index is 13.2. The third-order valence-electron chi connectivity index (χ3n) is 2.59. The molecule has 0 spiro atoms. The van der Waals surface area contributed by atoms with Crippen molar-refractivity contribution < 1.29 is 17.6 Å². The number of para-hydroxylation sites is 1. The molecule has 0 aliphatic carbocycles. The van der Waals surface area contributed by atoms with Crippen molar-refractivity contribution in [1.82, 2.24) is 0 Å². The molecule has 20 heavy (non-hydrogen) atoms. The zero-order valence-corrected chi connectivity index (χ0v) is 11.5. The van der Waals surface area contributed by atoms with Crippen LogP contribution in [0, 0.1) is 5.82 Å². The van der Waals surface area contributed by atoms with Crippen molar-refractivity contribution in [2.24, 2.45) is 0 Å². The Morgan fingerprint density at radius 2 is 1.70 bits per heavy atom. The number of anilines is 3. The van der Waals surface area contributed by atoms with Gasteiger partial charge < -0.3 is 11.1 Å². The molecule has 0 fully saturated rings. The first kappa shape index (κ1) is 14.6. The highest BCUT2D eigenvalue weighted by Crippen LogP contribution is 2.37. The number of halogens is 5. The van der Waals surface area contributed by atoms with Crippen molar-refractivity contribution in [3.63, 3.8) is 0 Å². The van der Waals surface area contributed by atoms with Crippen LogP contribution in [0.4, 0.5) is 34.6 Å². The van der Waals surface area contributed by atoms with Gasteiger partial charge in [-0.15, -0.1) is 0 Å². The lowest BCUT2D eigenvalue weighted by atomic mass is 10.1. The number of nitrogens with two attached hydrogens (primary N) is 1. The molecule has 0 unspecified atom stereocenters. The molecule has 2 aromatic carbocycles. The Morgan fingerprint density at radius 1 is 1.05 bits per heavy atom. The summed E-state index contributed by atoms with van der Waals surface area (Å²) in [5.74, 6) is -0.586. The average molecular weight is 349 g/mol. The number of hydrogen-bond acceptors (Lipinski definition) is 2. The summed E-state index contributed by atoms with van der Waals surface area (Å²) in [6.45, 7) is 0. The largest absolute Gasteiger partial charge is 0.418 e. The predicted molar refractivity (Wildman–Crippen MR) is 73.2 cm³/mol. The van der Waals surface area contributed by atoms with E-state index in [1.54, 1.807) is 0 Å². The minimum absolute atomic E-state index is 0.0164. The minimum Gasteiger partial charge on any atom is -0.397 e. The molecule has 2 nitrogen and oxygen atoms in total. The minimum atomic E-state index is -4.49. The van der Waals surface area contributed by atoms with E-state index in [1.807, 2.05) is 0 Å². The van der Waals surface area contributed by atoms with Gasteiger partial charge in [-0.25, -0.2) is 4.39 Å². The molecule has 0 aromatic heterocycles. The highest BCUT2D eigenvalue weighted by molar-refractivity contribution is 9.10. The Labute approximate surface area is 120 Å². The topological polar surface area (TPSA) is 38.0 Å². The van der Waals surface area contributed by atoms with E-state index in [9.17, 15) is 17.6 Å². The Hall–Kier alpha value is -1.76. The third kappa shape index (κ3) is 3.04. The first-order chi connectivity index (χ1) is 9.29. The van der Waals surface area contributed by atoms with Crippen molar-refractivity contribution in [2.75, 3.05) is 11.1 Å². The van der Waals surface area contributed by atoms with Crippen molar-refractivity contribution in [2.45, 2.75) is 6.18 Å². The van der Waals surface area contributed by atoms with Crippen molar-refractivity contribution in [1.29, 1.82) is 0 Å². The van der Waals surface area contributed by atoms with Crippen molar-refractivity contribution in [3.05, 3.63) is 52.3 Å². The highest BCUT2D eigenvalue weighted by atomic mass is 79.9. The summed E-state index contributed by atoms with van der Waals surface area (Å²) in [4.78, 5) is 0. The number of nitrogens with one attached hydrogen (secondary N) is 1. The van der Waals surface area contributed by atoms with Crippen LogP contribution in [0.3, 0.4) is 0 Å². The molecule has 0 radical (unpaired) electrons. The van der Waals surface area contributed by atoms with E-state index in [0.29, 0.717) is 0 Å². The van der Waals surface area contributed by atoms with Crippen LogP contribution < -0.4 is 11.1 Å². The molecular weight excluding hydrogens is 340 g/mol. The van der Waals surface area contributed by atoms with Crippen LogP contribution in [0.15, 0.2) is 40.9 Å². The number of nitrogen functional groups attached to an aromatic ring is 1. The molecule has 0 atom stereocenters. The van der Waals surface area contributed by atoms with E-state index in [1.165, 1.54) is 24.3 Å². The molecule has 106 valence electrons. The van der Waals surface area contributed by atoms with E-state index in [0.717, 1.165) is 12.1 Å². The second-order valence-corrected chi connectivity index (χ2v) is 4.88. The van der Waals surface area contributed by atoms with Crippen LogP contribution in [0.2, 0.25) is 0 Å². The molecule has 0 saturated carbocycles. The van der Waals surface area contributed by atoms with Crippen LogP contribution >= 0.6 is 15.9 Å². The summed E-state index contributed by atoms with van der Waals surface area (Å²) in [6, 6.07) is 7.31. The smallest absolute Gasteiger partial charge is 0.397 e. The zero-order chi connectivity index (χ0) is 14.9. The van der Waals surface area contributed by atoms with Gasteiger partial charge in [0.2, 0.25) is 0 Å². The Morgan fingerprint density at radius 3 is 2.35 bits per heavy atom. The fourth-order valence-electron chi connectivity index (χ4n) is 1.65. The van der Waals surface area contributed by atoms with Gasteiger partial charge in [-0.05, 0) is 34.1 Å².